The van der Waals surface area contributed by atoms with Crippen LogP contribution in [0.1, 0.15) is 5.69 Å². The zero-order chi connectivity index (χ0) is 17.9. The van der Waals surface area contributed by atoms with Crippen molar-refractivity contribution < 1.29 is 4.79 Å². The summed E-state index contributed by atoms with van der Waals surface area (Å²) in [6.07, 6.45) is 3.60. The summed E-state index contributed by atoms with van der Waals surface area (Å²) in [6, 6.07) is 13.1. The minimum absolute atomic E-state index is 0.308. The van der Waals surface area contributed by atoms with Crippen LogP contribution in [-0.4, -0.2) is 20.4 Å². The summed E-state index contributed by atoms with van der Waals surface area (Å²) in [4.78, 5) is 20.9. The first-order chi connectivity index (χ1) is 12.7. The second-order valence-corrected chi connectivity index (χ2v) is 6.85. The van der Waals surface area contributed by atoms with Gasteiger partial charge in [0.15, 0.2) is 5.13 Å². The number of rotatable bonds is 4. The third kappa shape index (κ3) is 3.68. The molecule has 4 aromatic rings. The monoisotopic (exact) mass is 383 g/mol. The number of benzene rings is 1. The maximum Gasteiger partial charge on any atom is 0.321 e. The third-order valence-corrected chi connectivity index (χ3v) is 4.67. The Kier molecular flexibility index (Phi) is 4.55. The number of hydrogen-bond acceptors (Lipinski definition) is 4. The van der Waals surface area contributed by atoms with Crippen LogP contribution in [0, 0.1) is 0 Å². The van der Waals surface area contributed by atoms with E-state index in [1.807, 2.05) is 52.4 Å². The number of imidazole rings is 1. The Balaban J connectivity index is 1.37. The number of nitrogens with zero attached hydrogens (tertiary/aromatic N) is 3. The molecule has 2 amide bonds. The quantitative estimate of drug-likeness (QED) is 0.547. The molecular formula is C18H14ClN5OS. The van der Waals surface area contributed by atoms with Crippen molar-refractivity contribution in [2.45, 2.75) is 6.54 Å². The number of carbonyl (C=O) groups excluding carboxylic acids is 1. The number of carbonyl (C=O) groups is 1. The molecule has 6 nitrogen and oxygen atoms in total. The molecule has 0 saturated heterocycles. The Morgan fingerprint density at radius 3 is 2.81 bits per heavy atom. The van der Waals surface area contributed by atoms with Crippen LogP contribution in [0.3, 0.4) is 0 Å². The lowest BCUT2D eigenvalue weighted by Crippen LogP contribution is -2.28. The number of amides is 2. The van der Waals surface area contributed by atoms with Gasteiger partial charge >= 0.3 is 6.03 Å². The van der Waals surface area contributed by atoms with Crippen molar-refractivity contribution in [3.8, 4) is 11.3 Å². The number of thiazole rings is 1. The van der Waals surface area contributed by atoms with Gasteiger partial charge in [0, 0.05) is 23.3 Å². The van der Waals surface area contributed by atoms with Crippen molar-refractivity contribution >= 4 is 39.7 Å². The lowest BCUT2D eigenvalue weighted by molar-refractivity contribution is 0.251. The molecule has 0 aliphatic heterocycles. The number of pyridine rings is 1. The van der Waals surface area contributed by atoms with E-state index < -0.39 is 0 Å². The summed E-state index contributed by atoms with van der Waals surface area (Å²) < 4.78 is 1.82. The Hall–Kier alpha value is -2.90. The molecule has 8 heteroatoms. The predicted molar refractivity (Wildman–Crippen MR) is 104 cm³/mol. The van der Waals surface area contributed by atoms with E-state index in [0.29, 0.717) is 16.7 Å². The second kappa shape index (κ2) is 7.15. The topological polar surface area (TPSA) is 71.3 Å². The fourth-order valence-corrected chi connectivity index (χ4v) is 3.37. The van der Waals surface area contributed by atoms with E-state index in [-0.39, 0.29) is 6.03 Å². The first-order valence-corrected chi connectivity index (χ1v) is 9.12. The number of nitrogens with one attached hydrogen (secondary N) is 2. The summed E-state index contributed by atoms with van der Waals surface area (Å²) in [7, 11) is 0. The first-order valence-electron chi connectivity index (χ1n) is 7.86. The van der Waals surface area contributed by atoms with Gasteiger partial charge in [-0.1, -0.05) is 41.9 Å². The van der Waals surface area contributed by atoms with E-state index in [0.717, 1.165) is 22.6 Å². The molecule has 0 fully saturated rings. The SMILES string of the molecule is O=C(NCc1cn2cc(Cl)ccc2n1)Nc1nc(-c2ccccc2)cs1. The molecular weight excluding hydrogens is 370 g/mol. The van der Waals surface area contributed by atoms with Crippen molar-refractivity contribution in [1.82, 2.24) is 19.7 Å². The Bertz CT molecular complexity index is 1060. The molecule has 0 spiro atoms. The van der Waals surface area contributed by atoms with Crippen molar-refractivity contribution in [3.05, 3.63) is 71.0 Å². The first kappa shape index (κ1) is 16.6. The summed E-state index contributed by atoms with van der Waals surface area (Å²) in [5, 5.41) is 8.61. The van der Waals surface area contributed by atoms with Gasteiger partial charge in [-0.3, -0.25) is 5.32 Å². The Morgan fingerprint density at radius 2 is 1.96 bits per heavy atom. The van der Waals surface area contributed by atoms with Gasteiger partial charge in [-0.25, -0.2) is 14.8 Å². The second-order valence-electron chi connectivity index (χ2n) is 5.56. The van der Waals surface area contributed by atoms with Crippen molar-refractivity contribution in [1.29, 1.82) is 0 Å². The molecule has 0 bridgehead atoms. The van der Waals surface area contributed by atoms with Crippen LogP contribution >= 0.6 is 22.9 Å². The summed E-state index contributed by atoms with van der Waals surface area (Å²) >= 11 is 7.34. The highest BCUT2D eigenvalue weighted by Gasteiger charge is 2.09. The highest BCUT2D eigenvalue weighted by atomic mass is 35.5. The van der Waals surface area contributed by atoms with E-state index in [1.54, 1.807) is 12.3 Å². The number of urea groups is 1. The smallest absolute Gasteiger partial charge is 0.321 e. The molecule has 130 valence electrons. The van der Waals surface area contributed by atoms with E-state index >= 15 is 0 Å². The number of aromatic nitrogens is 3. The van der Waals surface area contributed by atoms with E-state index in [1.165, 1.54) is 11.3 Å². The molecule has 3 heterocycles. The van der Waals surface area contributed by atoms with Crippen molar-refractivity contribution in [3.63, 3.8) is 0 Å². The standard InChI is InChI=1S/C18H14ClN5OS/c19-13-6-7-16-21-14(10-24(16)9-13)8-20-17(25)23-18-22-15(11-26-18)12-4-2-1-3-5-12/h1-7,9-11H,8H2,(H2,20,22,23,25). The maximum absolute atomic E-state index is 12.1. The molecule has 26 heavy (non-hydrogen) atoms. The number of fused-ring (bicyclic) bond motifs is 1. The van der Waals surface area contributed by atoms with Gasteiger partial charge in [0.1, 0.15) is 5.65 Å². The molecule has 0 saturated carbocycles. The van der Waals surface area contributed by atoms with Crippen LogP contribution in [0.2, 0.25) is 5.02 Å². The predicted octanol–water partition coefficient (Wildman–Crippen LogP) is 4.43. The van der Waals surface area contributed by atoms with E-state index in [2.05, 4.69) is 20.6 Å². The summed E-state index contributed by atoms with van der Waals surface area (Å²) in [6.45, 7) is 0.308. The summed E-state index contributed by atoms with van der Waals surface area (Å²) in [5.41, 5.74) is 3.37. The van der Waals surface area contributed by atoms with Gasteiger partial charge in [0.2, 0.25) is 0 Å². The van der Waals surface area contributed by atoms with Crippen LogP contribution in [0.4, 0.5) is 9.93 Å². The van der Waals surface area contributed by atoms with E-state index in [4.69, 9.17) is 11.6 Å². The fourth-order valence-electron chi connectivity index (χ4n) is 2.49. The molecule has 4 rings (SSSR count). The average molecular weight is 384 g/mol. The highest BCUT2D eigenvalue weighted by molar-refractivity contribution is 7.14. The van der Waals surface area contributed by atoms with Gasteiger partial charge < -0.3 is 9.72 Å². The molecule has 2 N–H and O–H groups in total. The number of anilines is 1. The van der Waals surface area contributed by atoms with Crippen molar-refractivity contribution in [2.75, 3.05) is 5.32 Å². The van der Waals surface area contributed by atoms with Crippen LogP contribution in [0.25, 0.3) is 16.9 Å². The fraction of sp³-hybridized carbons (Fsp3) is 0.0556. The van der Waals surface area contributed by atoms with Gasteiger partial charge in [-0.2, -0.15) is 0 Å². The minimum atomic E-state index is -0.325. The number of halogens is 1. The normalized spacial score (nSPS) is 10.8. The van der Waals surface area contributed by atoms with Crippen LogP contribution in [-0.2, 0) is 6.54 Å². The lowest BCUT2D eigenvalue weighted by Gasteiger charge is -2.03. The largest absolute Gasteiger partial charge is 0.332 e. The summed E-state index contributed by atoms with van der Waals surface area (Å²) in [5.74, 6) is 0. The van der Waals surface area contributed by atoms with Crippen LogP contribution < -0.4 is 10.6 Å². The third-order valence-electron chi connectivity index (χ3n) is 3.69. The Morgan fingerprint density at radius 1 is 1.12 bits per heavy atom. The Labute approximate surface area is 158 Å². The maximum atomic E-state index is 12.1. The van der Waals surface area contributed by atoms with Gasteiger partial charge in [0.25, 0.3) is 0 Å². The zero-order valence-corrected chi connectivity index (χ0v) is 15.1. The lowest BCUT2D eigenvalue weighted by atomic mass is 10.2. The molecule has 0 aliphatic rings. The minimum Gasteiger partial charge on any atom is -0.332 e. The van der Waals surface area contributed by atoms with Gasteiger partial charge in [0.05, 0.1) is 23.0 Å². The average Bonchev–Trinajstić information content (AvgIpc) is 3.27. The van der Waals surface area contributed by atoms with Crippen LogP contribution in [0.15, 0.2) is 60.2 Å². The molecule has 0 unspecified atom stereocenters. The molecule has 0 atom stereocenters. The van der Waals surface area contributed by atoms with Gasteiger partial charge in [-0.15, -0.1) is 11.3 Å². The molecule has 1 aromatic carbocycles. The zero-order valence-electron chi connectivity index (χ0n) is 13.5. The van der Waals surface area contributed by atoms with Gasteiger partial charge in [-0.05, 0) is 12.1 Å². The molecule has 0 aliphatic carbocycles. The van der Waals surface area contributed by atoms with Crippen LogP contribution in [0.5, 0.6) is 0 Å². The molecule has 3 aromatic heterocycles. The van der Waals surface area contributed by atoms with E-state index in [9.17, 15) is 4.79 Å². The number of hydrogen-bond donors (Lipinski definition) is 2. The van der Waals surface area contributed by atoms with Crippen molar-refractivity contribution in [2.24, 2.45) is 0 Å². The highest BCUT2D eigenvalue weighted by Crippen LogP contribution is 2.24. The molecule has 0 radical (unpaired) electrons.